The monoisotopic (exact) mass is 370 g/mol. The Balaban J connectivity index is 2.02. The van der Waals surface area contributed by atoms with Crippen LogP contribution in [0.2, 0.25) is 5.02 Å². The van der Waals surface area contributed by atoms with E-state index in [4.69, 9.17) is 11.6 Å². The van der Waals surface area contributed by atoms with E-state index in [0.29, 0.717) is 33.3 Å². The average Bonchev–Trinajstić information content (AvgIpc) is 3.07. The maximum Gasteiger partial charge on any atom is 0.327 e. The number of nitrogens with one attached hydrogen (secondary N) is 5. The molecule has 0 aliphatic carbocycles. The molecule has 0 saturated carbocycles. The molecule has 130 valence electrons. The number of fused-ring (bicyclic) bond motifs is 6. The van der Waals surface area contributed by atoms with Crippen molar-refractivity contribution in [3.63, 3.8) is 0 Å². The van der Waals surface area contributed by atoms with Gasteiger partial charge in [-0.2, -0.15) is 5.10 Å². The molecule has 9 nitrogen and oxygen atoms in total. The molecule has 26 heavy (non-hydrogen) atoms. The number of nitrogens with zero attached hydrogens (tertiary/aromatic N) is 1. The molecule has 3 aromatic rings. The standard InChI is InChI=1S/C16H11ClN6O3/c1-5-9-12(23-22-5)19-11-10(13(24)21-15(26)20-11)16(9)7-4-6(17)2-3-8(7)18-14(16)25/h2-4H,1H3,(H,18,25)(H4,19,20,21,22,23,24,26). The summed E-state index contributed by atoms with van der Waals surface area (Å²) in [5, 5.41) is 13.2. The molecular formula is C16H11ClN6O3. The van der Waals surface area contributed by atoms with Gasteiger partial charge in [-0.25, -0.2) is 4.79 Å². The smallest absolute Gasteiger partial charge is 0.324 e. The Hall–Kier alpha value is -3.33. The highest BCUT2D eigenvalue weighted by Crippen LogP contribution is 2.53. The number of carbonyl (C=O) groups excluding carboxylic acids is 1. The summed E-state index contributed by atoms with van der Waals surface area (Å²) in [6, 6.07) is 4.98. The Bertz CT molecular complexity index is 1240. The summed E-state index contributed by atoms with van der Waals surface area (Å²) < 4.78 is 0. The number of aromatic amines is 3. The maximum absolute atomic E-state index is 13.3. The van der Waals surface area contributed by atoms with Gasteiger partial charge in [-0.3, -0.25) is 24.7 Å². The lowest BCUT2D eigenvalue weighted by molar-refractivity contribution is -0.118. The third-order valence-electron chi connectivity index (χ3n) is 4.86. The van der Waals surface area contributed by atoms with Crippen LogP contribution >= 0.6 is 11.6 Å². The first-order valence-corrected chi connectivity index (χ1v) is 8.11. The summed E-state index contributed by atoms with van der Waals surface area (Å²) in [4.78, 5) is 42.6. The number of halogens is 1. The summed E-state index contributed by atoms with van der Waals surface area (Å²) in [6.45, 7) is 1.76. The van der Waals surface area contributed by atoms with Crippen molar-refractivity contribution in [3.05, 3.63) is 66.4 Å². The fourth-order valence-electron chi connectivity index (χ4n) is 3.93. The third-order valence-corrected chi connectivity index (χ3v) is 5.09. The van der Waals surface area contributed by atoms with E-state index in [-0.39, 0.29) is 11.4 Å². The van der Waals surface area contributed by atoms with Gasteiger partial charge in [-0.15, -0.1) is 0 Å². The number of carbonyl (C=O) groups is 1. The molecule has 0 bridgehead atoms. The van der Waals surface area contributed by atoms with E-state index in [1.54, 1.807) is 25.1 Å². The Labute approximate surface area is 149 Å². The van der Waals surface area contributed by atoms with Crippen molar-refractivity contribution in [2.75, 3.05) is 10.6 Å². The number of amides is 1. The number of anilines is 3. The molecule has 0 fully saturated rings. The van der Waals surface area contributed by atoms with Gasteiger partial charge in [0.2, 0.25) is 5.91 Å². The predicted octanol–water partition coefficient (Wildman–Crippen LogP) is 1.09. The van der Waals surface area contributed by atoms with Crippen molar-refractivity contribution in [2.45, 2.75) is 12.3 Å². The summed E-state index contributed by atoms with van der Waals surface area (Å²) in [5.74, 6) is 0.0702. The molecule has 10 heteroatoms. The SMILES string of the molecule is Cc1[nH]nc2c1C1(C(=O)Nc3ccc(Cl)cc31)c1c([nH]c(=O)[nH]c1=O)N2. The molecule has 1 aromatic carbocycles. The average molecular weight is 371 g/mol. The van der Waals surface area contributed by atoms with Crippen LogP contribution in [0.3, 0.4) is 0 Å². The summed E-state index contributed by atoms with van der Waals surface area (Å²) >= 11 is 6.18. The van der Waals surface area contributed by atoms with E-state index in [9.17, 15) is 14.4 Å². The Morgan fingerprint density at radius 3 is 2.69 bits per heavy atom. The number of hydrogen-bond acceptors (Lipinski definition) is 5. The predicted molar refractivity (Wildman–Crippen MR) is 94.3 cm³/mol. The molecule has 0 radical (unpaired) electrons. The molecule has 1 atom stereocenters. The van der Waals surface area contributed by atoms with Crippen LogP contribution in [-0.2, 0) is 10.2 Å². The second-order valence-corrected chi connectivity index (χ2v) is 6.69. The molecule has 0 saturated heterocycles. The number of benzene rings is 1. The van der Waals surface area contributed by atoms with Crippen LogP contribution < -0.4 is 21.9 Å². The van der Waals surface area contributed by atoms with Crippen molar-refractivity contribution in [1.29, 1.82) is 0 Å². The number of H-pyrrole nitrogens is 3. The van der Waals surface area contributed by atoms with Gasteiger partial charge >= 0.3 is 5.69 Å². The first-order chi connectivity index (χ1) is 12.4. The van der Waals surface area contributed by atoms with E-state index < -0.39 is 22.6 Å². The second kappa shape index (κ2) is 4.64. The molecule has 2 aromatic heterocycles. The van der Waals surface area contributed by atoms with Crippen molar-refractivity contribution in [2.24, 2.45) is 0 Å². The normalized spacial score (nSPS) is 19.5. The lowest BCUT2D eigenvalue weighted by Gasteiger charge is -2.33. The highest BCUT2D eigenvalue weighted by molar-refractivity contribution is 6.31. The van der Waals surface area contributed by atoms with Gasteiger partial charge in [0.25, 0.3) is 5.56 Å². The van der Waals surface area contributed by atoms with Crippen molar-refractivity contribution >= 4 is 34.8 Å². The minimum Gasteiger partial charge on any atom is -0.324 e. The van der Waals surface area contributed by atoms with E-state index in [1.807, 2.05) is 0 Å². The second-order valence-electron chi connectivity index (χ2n) is 6.25. The molecule has 5 rings (SSSR count). The highest BCUT2D eigenvalue weighted by Gasteiger charge is 2.57. The topological polar surface area (TPSA) is 136 Å². The number of rotatable bonds is 0. The molecule has 2 aliphatic rings. The fourth-order valence-corrected chi connectivity index (χ4v) is 4.10. The molecule has 1 unspecified atom stereocenters. The molecule has 4 heterocycles. The van der Waals surface area contributed by atoms with E-state index >= 15 is 0 Å². The van der Waals surface area contributed by atoms with Gasteiger partial charge in [0, 0.05) is 27.5 Å². The van der Waals surface area contributed by atoms with Gasteiger partial charge in [0.1, 0.15) is 11.2 Å². The minimum atomic E-state index is -1.48. The molecular weight excluding hydrogens is 360 g/mol. The van der Waals surface area contributed by atoms with Gasteiger partial charge in [0.05, 0.1) is 5.56 Å². The van der Waals surface area contributed by atoms with E-state index in [1.165, 1.54) is 0 Å². The van der Waals surface area contributed by atoms with Crippen molar-refractivity contribution < 1.29 is 4.79 Å². The third kappa shape index (κ3) is 1.60. The molecule has 1 spiro atoms. The van der Waals surface area contributed by atoms with Crippen molar-refractivity contribution in [3.8, 4) is 0 Å². The minimum absolute atomic E-state index is 0.0904. The van der Waals surface area contributed by atoms with Crippen LogP contribution in [0.25, 0.3) is 0 Å². The molecule has 1 amide bonds. The molecule has 5 N–H and O–H groups in total. The van der Waals surface area contributed by atoms with Crippen LogP contribution in [0.1, 0.15) is 22.4 Å². The van der Waals surface area contributed by atoms with Crippen LogP contribution in [0, 0.1) is 6.92 Å². The van der Waals surface area contributed by atoms with E-state index in [0.717, 1.165) is 0 Å². The maximum atomic E-state index is 13.3. The highest BCUT2D eigenvalue weighted by atomic mass is 35.5. The Morgan fingerprint density at radius 2 is 1.88 bits per heavy atom. The van der Waals surface area contributed by atoms with Crippen LogP contribution in [0.4, 0.5) is 17.3 Å². The first-order valence-electron chi connectivity index (χ1n) is 7.74. The summed E-state index contributed by atoms with van der Waals surface area (Å²) in [6.07, 6.45) is 0. The lowest BCUT2D eigenvalue weighted by Crippen LogP contribution is -2.46. The zero-order chi connectivity index (χ0) is 18.2. The lowest BCUT2D eigenvalue weighted by atomic mass is 9.69. The fraction of sp³-hybridized carbons (Fsp3) is 0.125. The van der Waals surface area contributed by atoms with Gasteiger partial charge in [0.15, 0.2) is 5.82 Å². The van der Waals surface area contributed by atoms with Crippen LogP contribution in [0.15, 0.2) is 27.8 Å². The number of aromatic nitrogens is 4. The van der Waals surface area contributed by atoms with Gasteiger partial charge in [-0.05, 0) is 25.1 Å². The zero-order valence-corrected chi connectivity index (χ0v) is 14.0. The van der Waals surface area contributed by atoms with E-state index in [2.05, 4.69) is 30.8 Å². The quantitative estimate of drug-likeness (QED) is 0.403. The first kappa shape index (κ1) is 15.0. The zero-order valence-electron chi connectivity index (χ0n) is 13.3. The Morgan fingerprint density at radius 1 is 1.08 bits per heavy atom. The summed E-state index contributed by atoms with van der Waals surface area (Å²) in [7, 11) is 0. The molecule has 2 aliphatic heterocycles. The van der Waals surface area contributed by atoms with Crippen molar-refractivity contribution in [1.82, 2.24) is 20.2 Å². The number of aryl methyl sites for hydroxylation is 1. The van der Waals surface area contributed by atoms with Crippen LogP contribution in [-0.4, -0.2) is 26.1 Å². The Kier molecular flexibility index (Phi) is 2.67. The summed E-state index contributed by atoms with van der Waals surface area (Å²) in [5.41, 5.74) is -0.529. The number of hydrogen-bond donors (Lipinski definition) is 5. The largest absolute Gasteiger partial charge is 0.327 e. The van der Waals surface area contributed by atoms with Gasteiger partial charge in [-0.1, -0.05) is 11.6 Å². The van der Waals surface area contributed by atoms with Gasteiger partial charge < -0.3 is 10.6 Å². The van der Waals surface area contributed by atoms with Crippen LogP contribution in [0.5, 0.6) is 0 Å².